The van der Waals surface area contributed by atoms with Gasteiger partial charge < -0.3 is 16.2 Å². The van der Waals surface area contributed by atoms with E-state index in [4.69, 9.17) is 22.3 Å². The third kappa shape index (κ3) is 2.98. The molecule has 9 heteroatoms. The van der Waals surface area contributed by atoms with Gasteiger partial charge in [-0.05, 0) is 37.3 Å². The van der Waals surface area contributed by atoms with Gasteiger partial charge >= 0.3 is 5.97 Å². The van der Waals surface area contributed by atoms with Gasteiger partial charge in [0.15, 0.2) is 5.82 Å². The van der Waals surface area contributed by atoms with Gasteiger partial charge in [-0.15, -0.1) is 0 Å². The second-order valence-electron chi connectivity index (χ2n) is 7.82. The highest BCUT2D eigenvalue weighted by molar-refractivity contribution is 6.33. The number of nitrogens with two attached hydrogens (primary N) is 1. The number of nitrogens with one attached hydrogen (secondary N) is 1. The number of carbonyl (C=O) groups is 1. The van der Waals surface area contributed by atoms with E-state index in [1.807, 2.05) is 12.1 Å². The molecule has 3 aromatic rings. The first kappa shape index (κ1) is 18.2. The molecular weight excluding hydrogens is 392 g/mol. The smallest absolute Gasteiger partial charge is 0.306 e. The number of aliphatic carboxylic acids is 1. The van der Waals surface area contributed by atoms with Crippen molar-refractivity contribution in [2.75, 3.05) is 11.1 Å². The Balaban J connectivity index is 1.53. The first-order valence-corrected chi connectivity index (χ1v) is 10.2. The first-order chi connectivity index (χ1) is 14.0. The average molecular weight is 413 g/mol. The minimum absolute atomic E-state index is 0.0719. The average Bonchev–Trinajstić information content (AvgIpc) is 3.31. The van der Waals surface area contributed by atoms with E-state index >= 15 is 0 Å². The standard InChI is InChI=1S/C20H21ClN6O2/c21-13-3-1-2-12-8-14(25-15(12)13)16-17-18(22)23-9-24-27(17)19(26-16)10-4-6-11(7-5-10)20(28)29/h1-3,9-11,14,25H,4-8H2,(H,28,29)(H2,22,23,24)/t10-,11-,14?. The zero-order valence-corrected chi connectivity index (χ0v) is 16.4. The maximum Gasteiger partial charge on any atom is 0.306 e. The summed E-state index contributed by atoms with van der Waals surface area (Å²) in [4.78, 5) is 20.4. The first-order valence-electron chi connectivity index (χ1n) is 9.78. The quantitative estimate of drug-likeness (QED) is 0.602. The SMILES string of the molecule is Nc1ncnn2c1c(C1Cc3cccc(Cl)c3N1)nc2[C@H]1CC[C@H](C(=O)O)CC1. The molecule has 1 atom stereocenters. The molecule has 1 aliphatic heterocycles. The van der Waals surface area contributed by atoms with Gasteiger partial charge in [0.1, 0.15) is 17.7 Å². The number of hydrogen-bond acceptors (Lipinski definition) is 6. The summed E-state index contributed by atoms with van der Waals surface area (Å²) in [5, 5.41) is 17.9. The molecule has 1 fully saturated rings. The summed E-state index contributed by atoms with van der Waals surface area (Å²) in [7, 11) is 0. The molecular formula is C20H21ClN6O2. The Labute approximate surface area is 172 Å². The summed E-state index contributed by atoms with van der Waals surface area (Å²) >= 11 is 6.35. The number of carboxylic acids is 1. The fourth-order valence-corrected chi connectivity index (χ4v) is 4.87. The Morgan fingerprint density at radius 3 is 2.79 bits per heavy atom. The van der Waals surface area contributed by atoms with Crippen LogP contribution in [0.5, 0.6) is 0 Å². The Bertz CT molecular complexity index is 1110. The number of halogens is 1. The Kier molecular flexibility index (Phi) is 4.31. The minimum atomic E-state index is -0.714. The minimum Gasteiger partial charge on any atom is -0.481 e. The van der Waals surface area contributed by atoms with Crippen LogP contribution < -0.4 is 11.1 Å². The number of aromatic nitrogens is 4. The van der Waals surface area contributed by atoms with Crippen molar-refractivity contribution in [3.63, 3.8) is 0 Å². The number of carboxylic acid groups (broad SMARTS) is 1. The van der Waals surface area contributed by atoms with Crippen molar-refractivity contribution >= 4 is 34.6 Å². The highest BCUT2D eigenvalue weighted by Gasteiger charge is 2.33. The lowest BCUT2D eigenvalue weighted by Gasteiger charge is -2.24. The summed E-state index contributed by atoms with van der Waals surface area (Å²) in [5.74, 6) is 0.375. The number of nitrogen functional groups attached to an aromatic ring is 1. The zero-order valence-electron chi connectivity index (χ0n) is 15.7. The van der Waals surface area contributed by atoms with Crippen LogP contribution in [0.2, 0.25) is 5.02 Å². The van der Waals surface area contributed by atoms with E-state index in [9.17, 15) is 9.90 Å². The van der Waals surface area contributed by atoms with Crippen LogP contribution in [-0.2, 0) is 11.2 Å². The van der Waals surface area contributed by atoms with Crippen molar-refractivity contribution in [1.82, 2.24) is 19.6 Å². The highest BCUT2D eigenvalue weighted by Crippen LogP contribution is 2.42. The Hall–Kier alpha value is -2.87. The number of anilines is 2. The largest absolute Gasteiger partial charge is 0.481 e. The summed E-state index contributed by atoms with van der Waals surface area (Å²) in [6, 6.07) is 5.79. The van der Waals surface area contributed by atoms with Gasteiger partial charge in [0.25, 0.3) is 0 Å². The van der Waals surface area contributed by atoms with Gasteiger partial charge in [-0.25, -0.2) is 14.5 Å². The number of rotatable bonds is 3. The fourth-order valence-electron chi connectivity index (χ4n) is 4.62. The van der Waals surface area contributed by atoms with Crippen LogP contribution in [0.3, 0.4) is 0 Å². The molecule has 1 aliphatic carbocycles. The molecule has 150 valence electrons. The third-order valence-electron chi connectivity index (χ3n) is 6.13. The molecule has 1 saturated carbocycles. The highest BCUT2D eigenvalue weighted by atomic mass is 35.5. The van der Waals surface area contributed by atoms with Gasteiger partial charge in [0, 0.05) is 12.3 Å². The molecule has 5 rings (SSSR count). The second kappa shape index (κ2) is 6.88. The van der Waals surface area contributed by atoms with Crippen LogP contribution in [0.1, 0.15) is 54.7 Å². The molecule has 8 nitrogen and oxygen atoms in total. The predicted molar refractivity (Wildman–Crippen MR) is 109 cm³/mol. The fraction of sp³-hybridized carbons (Fsp3) is 0.400. The number of benzene rings is 1. The molecule has 4 N–H and O–H groups in total. The number of para-hydroxylation sites is 1. The van der Waals surface area contributed by atoms with Crippen LogP contribution in [0.15, 0.2) is 24.5 Å². The summed E-state index contributed by atoms with van der Waals surface area (Å²) in [6.07, 6.45) is 5.02. The summed E-state index contributed by atoms with van der Waals surface area (Å²) < 4.78 is 1.79. The maximum absolute atomic E-state index is 11.3. The third-order valence-corrected chi connectivity index (χ3v) is 6.44. The van der Waals surface area contributed by atoms with Gasteiger partial charge in [0.2, 0.25) is 0 Å². The van der Waals surface area contributed by atoms with E-state index in [1.165, 1.54) is 6.33 Å². The van der Waals surface area contributed by atoms with Gasteiger partial charge in [-0.3, -0.25) is 4.79 Å². The van der Waals surface area contributed by atoms with Crippen LogP contribution in [0, 0.1) is 5.92 Å². The van der Waals surface area contributed by atoms with Gasteiger partial charge in [-0.2, -0.15) is 5.10 Å². The Morgan fingerprint density at radius 2 is 2.07 bits per heavy atom. The van der Waals surface area contributed by atoms with E-state index in [0.717, 1.165) is 42.0 Å². The lowest BCUT2D eigenvalue weighted by Crippen LogP contribution is -2.21. The molecule has 29 heavy (non-hydrogen) atoms. The number of fused-ring (bicyclic) bond motifs is 2. The van der Waals surface area contributed by atoms with E-state index < -0.39 is 5.97 Å². The molecule has 0 amide bonds. The summed E-state index contributed by atoms with van der Waals surface area (Å²) in [5.41, 5.74) is 9.82. The van der Waals surface area contributed by atoms with E-state index in [0.29, 0.717) is 29.2 Å². The van der Waals surface area contributed by atoms with Crippen LogP contribution in [0.4, 0.5) is 11.5 Å². The number of hydrogen-bond donors (Lipinski definition) is 3. The zero-order chi connectivity index (χ0) is 20.1. The van der Waals surface area contributed by atoms with Crippen LogP contribution >= 0.6 is 11.6 Å². The van der Waals surface area contributed by atoms with Crippen LogP contribution in [0.25, 0.3) is 5.52 Å². The molecule has 2 aromatic heterocycles. The van der Waals surface area contributed by atoms with Crippen molar-refractivity contribution in [2.24, 2.45) is 5.92 Å². The van der Waals surface area contributed by atoms with Crippen molar-refractivity contribution in [1.29, 1.82) is 0 Å². The van der Waals surface area contributed by atoms with Gasteiger partial charge in [-0.1, -0.05) is 23.7 Å². The van der Waals surface area contributed by atoms with Crippen molar-refractivity contribution < 1.29 is 9.90 Å². The van der Waals surface area contributed by atoms with E-state index in [2.05, 4.69) is 21.5 Å². The number of nitrogens with zero attached hydrogens (tertiary/aromatic N) is 4. The number of imidazole rings is 1. The lowest BCUT2D eigenvalue weighted by atomic mass is 9.82. The van der Waals surface area contributed by atoms with Crippen LogP contribution in [-0.4, -0.2) is 30.7 Å². The lowest BCUT2D eigenvalue weighted by molar-refractivity contribution is -0.142. The summed E-state index contributed by atoms with van der Waals surface area (Å²) in [6.45, 7) is 0. The second-order valence-corrected chi connectivity index (χ2v) is 8.23. The molecule has 3 heterocycles. The Morgan fingerprint density at radius 1 is 1.28 bits per heavy atom. The normalized spacial score (nSPS) is 23.7. The molecule has 0 saturated heterocycles. The van der Waals surface area contributed by atoms with Crippen molar-refractivity contribution in [3.05, 3.63) is 46.6 Å². The molecule has 2 aliphatic rings. The molecule has 1 aromatic carbocycles. The monoisotopic (exact) mass is 412 g/mol. The topological polar surface area (TPSA) is 118 Å². The predicted octanol–water partition coefficient (Wildman–Crippen LogP) is 3.43. The van der Waals surface area contributed by atoms with Gasteiger partial charge in [0.05, 0.1) is 28.4 Å². The maximum atomic E-state index is 11.3. The van der Waals surface area contributed by atoms with E-state index in [1.54, 1.807) is 4.52 Å². The molecule has 1 unspecified atom stereocenters. The molecule has 0 radical (unpaired) electrons. The molecule has 0 bridgehead atoms. The van der Waals surface area contributed by atoms with Crippen molar-refractivity contribution in [2.45, 2.75) is 44.1 Å². The molecule has 0 spiro atoms. The van der Waals surface area contributed by atoms with E-state index in [-0.39, 0.29) is 17.9 Å². The van der Waals surface area contributed by atoms with Crippen molar-refractivity contribution in [3.8, 4) is 0 Å².